The summed E-state index contributed by atoms with van der Waals surface area (Å²) in [4.78, 5) is 13.8. The monoisotopic (exact) mass is 608 g/mol. The highest BCUT2D eigenvalue weighted by atomic mass is 28.4. The van der Waals surface area contributed by atoms with Crippen molar-refractivity contribution in [1.29, 1.82) is 0 Å². The molecule has 8 nitrogen and oxygen atoms in total. The number of methoxy groups -OCH3 is 1. The molecule has 0 spiro atoms. The van der Waals surface area contributed by atoms with Crippen molar-refractivity contribution in [2.24, 2.45) is 5.92 Å². The smallest absolute Gasteiger partial charge is 0.471 e. The highest BCUT2D eigenvalue weighted by molar-refractivity contribution is 6.75. The highest BCUT2D eigenvalue weighted by Crippen LogP contribution is 2.64. The molecule has 3 saturated heterocycles. The van der Waals surface area contributed by atoms with Gasteiger partial charge in [-0.2, -0.15) is 0 Å². The molecule has 2 bridgehead atoms. The molecular weight excluding hydrogens is 564 g/mol. The number of benzene rings is 2. The van der Waals surface area contributed by atoms with E-state index in [1.807, 2.05) is 0 Å². The van der Waals surface area contributed by atoms with E-state index in [9.17, 15) is 4.79 Å². The summed E-state index contributed by atoms with van der Waals surface area (Å²) < 4.78 is 46.2. The van der Waals surface area contributed by atoms with Gasteiger partial charge in [0.15, 0.2) is 5.78 Å². The van der Waals surface area contributed by atoms with E-state index >= 15 is 0 Å². The first-order chi connectivity index (χ1) is 20.2. The fraction of sp³-hybridized carbons (Fsp3) is 0.618. The number of carbonyl (C=O) groups excluding carboxylic acids is 1. The zero-order valence-electron chi connectivity index (χ0n) is 26.9. The third-order valence-corrected chi connectivity index (χ3v) is 15.1. The van der Waals surface area contributed by atoms with Crippen LogP contribution in [0.2, 0.25) is 10.1 Å². The summed E-state index contributed by atoms with van der Waals surface area (Å²) in [5.74, 6) is 0.986. The molecule has 9 heteroatoms. The highest BCUT2D eigenvalue weighted by Gasteiger charge is 2.68. The molecule has 5 aliphatic rings. The molecule has 2 aromatic rings. The Morgan fingerprint density at radius 1 is 1.00 bits per heavy atom. The molecule has 0 saturated carbocycles. The topological polar surface area (TPSA) is 81.7 Å². The zero-order chi connectivity index (χ0) is 30.9. The summed E-state index contributed by atoms with van der Waals surface area (Å²) in [5, 5.41) is 0.983. The average molecular weight is 609 g/mol. The third-order valence-electron chi connectivity index (χ3n) is 10.2. The van der Waals surface area contributed by atoms with Crippen molar-refractivity contribution in [3.05, 3.63) is 40.5 Å². The Labute approximate surface area is 255 Å². The lowest BCUT2D eigenvalue weighted by molar-refractivity contribution is -0.260. The van der Waals surface area contributed by atoms with E-state index in [0.717, 1.165) is 57.4 Å². The van der Waals surface area contributed by atoms with Gasteiger partial charge in [-0.15, -0.1) is 0 Å². The van der Waals surface area contributed by atoms with Crippen LogP contribution in [0.15, 0.2) is 18.2 Å². The van der Waals surface area contributed by atoms with E-state index in [1.54, 1.807) is 7.11 Å². The van der Waals surface area contributed by atoms with Crippen molar-refractivity contribution in [2.75, 3.05) is 20.3 Å². The number of ether oxygens (including phenoxy) is 5. The second-order valence-corrected chi connectivity index (χ2v) is 19.5. The second kappa shape index (κ2) is 9.30. The van der Waals surface area contributed by atoms with E-state index in [1.165, 1.54) is 0 Å². The minimum Gasteiger partial charge on any atom is -0.510 e. The predicted octanol–water partition coefficient (Wildman–Crippen LogP) is 7.22. The molecule has 0 radical (unpaired) electrons. The first kappa shape index (κ1) is 29.3. The number of fused-ring (bicyclic) bond motifs is 4. The first-order valence-corrected chi connectivity index (χ1v) is 17.4. The summed E-state index contributed by atoms with van der Waals surface area (Å²) in [6, 6.07) is 2.13. The van der Waals surface area contributed by atoms with Gasteiger partial charge in [-0.25, -0.2) is 0 Å². The van der Waals surface area contributed by atoms with E-state index in [0.29, 0.717) is 30.9 Å². The van der Waals surface area contributed by atoms with Crippen LogP contribution in [0.1, 0.15) is 94.5 Å². The molecule has 0 amide bonds. The van der Waals surface area contributed by atoms with Crippen LogP contribution in [0.5, 0.6) is 17.2 Å². The lowest BCUT2D eigenvalue weighted by atomic mass is 9.82. The Kier molecular flexibility index (Phi) is 6.33. The number of carbonyl (C=O) groups is 1. The maximum absolute atomic E-state index is 13.8. The van der Waals surface area contributed by atoms with Gasteiger partial charge in [0.25, 0.3) is 0 Å². The van der Waals surface area contributed by atoms with E-state index < -0.39 is 26.7 Å². The number of hydrogen-bond acceptors (Lipinski definition) is 8. The molecule has 1 aliphatic carbocycles. The van der Waals surface area contributed by atoms with Crippen molar-refractivity contribution in [3.8, 4) is 17.2 Å². The molecule has 0 N–H and O–H groups in total. The Hall–Kier alpha value is -2.43. The van der Waals surface area contributed by atoms with E-state index in [4.69, 9.17) is 32.5 Å². The number of aryl methyl sites for hydroxylation is 1. The van der Waals surface area contributed by atoms with Gasteiger partial charge in [0.2, 0.25) is 12.1 Å². The van der Waals surface area contributed by atoms with Crippen LogP contribution >= 0.6 is 0 Å². The Bertz CT molecular complexity index is 1550. The Balaban J connectivity index is 1.54. The van der Waals surface area contributed by atoms with Crippen LogP contribution in [-0.2, 0) is 25.4 Å². The van der Waals surface area contributed by atoms with Gasteiger partial charge in [-0.3, -0.25) is 4.79 Å². The number of hydrogen-bond donors (Lipinski definition) is 0. The van der Waals surface area contributed by atoms with Gasteiger partial charge < -0.3 is 32.5 Å². The minimum atomic E-state index is -3.19. The van der Waals surface area contributed by atoms with Crippen molar-refractivity contribution >= 4 is 25.1 Å². The summed E-state index contributed by atoms with van der Waals surface area (Å²) in [6.45, 7) is 22.7. The van der Waals surface area contributed by atoms with Crippen LogP contribution in [0, 0.1) is 12.8 Å². The van der Waals surface area contributed by atoms with E-state index in [2.05, 4.69) is 68.0 Å². The lowest BCUT2D eigenvalue weighted by Crippen LogP contribution is -2.63. The van der Waals surface area contributed by atoms with Crippen LogP contribution in [-0.4, -0.2) is 52.8 Å². The Morgan fingerprint density at radius 2 is 1.65 bits per heavy atom. The fourth-order valence-electron chi connectivity index (χ4n) is 8.31. The zero-order valence-corrected chi connectivity index (χ0v) is 27.9. The van der Waals surface area contributed by atoms with E-state index in [-0.39, 0.29) is 27.9 Å². The van der Waals surface area contributed by atoms with Crippen LogP contribution < -0.4 is 13.6 Å². The summed E-state index contributed by atoms with van der Waals surface area (Å²) in [5.41, 5.74) is 4.33. The fourth-order valence-corrected chi connectivity index (χ4v) is 12.8. The number of rotatable bonds is 3. The minimum absolute atomic E-state index is 0.0000361. The molecule has 43 heavy (non-hydrogen) atoms. The van der Waals surface area contributed by atoms with Crippen molar-refractivity contribution < 1.29 is 37.3 Å². The average Bonchev–Trinajstić information content (AvgIpc) is 3.65. The normalized spacial score (nSPS) is 30.0. The summed E-state index contributed by atoms with van der Waals surface area (Å²) in [6.07, 6.45) is 0.568. The van der Waals surface area contributed by atoms with Crippen LogP contribution in [0.4, 0.5) is 0 Å². The third kappa shape index (κ3) is 3.72. The SMILES string of the molecule is C=C1[C@H](C)[C@H]2O[C@]1(C1OCCO1)O[C@H]2c1c(C)cc2c(OC)c3c(c4c2c1O[Si](C(C)(C)C)(C(C)(C)C)O4)C(=O)CCC3. The van der Waals surface area contributed by atoms with Gasteiger partial charge in [0.05, 0.1) is 37.4 Å². The van der Waals surface area contributed by atoms with Gasteiger partial charge in [0, 0.05) is 38.9 Å². The molecule has 4 atom stereocenters. The number of ketones is 1. The second-order valence-electron chi connectivity index (χ2n) is 14.8. The van der Waals surface area contributed by atoms with Gasteiger partial charge >= 0.3 is 8.56 Å². The summed E-state index contributed by atoms with van der Waals surface area (Å²) in [7, 11) is -1.51. The van der Waals surface area contributed by atoms with Gasteiger partial charge in [-0.05, 0) is 37.0 Å². The molecule has 0 aromatic heterocycles. The Morgan fingerprint density at radius 3 is 2.28 bits per heavy atom. The van der Waals surface area contributed by atoms with Crippen molar-refractivity contribution in [3.63, 3.8) is 0 Å². The summed E-state index contributed by atoms with van der Waals surface area (Å²) >= 11 is 0. The maximum atomic E-state index is 13.8. The lowest BCUT2D eigenvalue weighted by Gasteiger charge is -2.51. The molecule has 4 heterocycles. The molecule has 2 aromatic carbocycles. The predicted molar refractivity (Wildman–Crippen MR) is 164 cm³/mol. The maximum Gasteiger partial charge on any atom is 0.471 e. The molecule has 7 rings (SSSR count). The molecule has 0 unspecified atom stereocenters. The van der Waals surface area contributed by atoms with Crippen LogP contribution in [0.3, 0.4) is 0 Å². The standard InChI is InChI=1S/C34H44O8Si/c1-17-16-21-25-28(23(17)30-26-18(2)19(3)34(39-26,40-30)31-37-14-15-38-31)41-43(32(4,5)6,33(7,8)9)42-29(25)24-20(27(21)36-10)12-11-13-22(24)35/h16,18,26,30-31H,3,11-15H2,1-2,4-10H3/t18-,26+,30-,34-/m0/s1. The molecular formula is C34H44O8Si. The molecule has 4 aliphatic heterocycles. The number of Topliss-reactive ketones (excluding diaryl/α,β-unsaturated/α-hetero) is 1. The van der Waals surface area contributed by atoms with Crippen molar-refractivity contribution in [2.45, 2.75) is 109 Å². The first-order valence-electron chi connectivity index (χ1n) is 15.6. The molecule has 232 valence electrons. The largest absolute Gasteiger partial charge is 0.510 e. The van der Waals surface area contributed by atoms with Gasteiger partial charge in [0.1, 0.15) is 23.4 Å². The quantitative estimate of drug-likeness (QED) is 0.267. The van der Waals surface area contributed by atoms with Crippen molar-refractivity contribution in [1.82, 2.24) is 0 Å². The molecule has 3 fully saturated rings. The van der Waals surface area contributed by atoms with Gasteiger partial charge in [-0.1, -0.05) is 55.0 Å². The van der Waals surface area contributed by atoms with Crippen LogP contribution in [0.25, 0.3) is 10.8 Å².